The monoisotopic (exact) mass is 311 g/mol. The molecule has 106 valence electrons. The van der Waals surface area contributed by atoms with Crippen LogP contribution >= 0.6 is 22.9 Å². The first kappa shape index (κ1) is 13.6. The van der Waals surface area contributed by atoms with Crippen molar-refractivity contribution in [2.45, 2.75) is 18.9 Å². The number of rotatable bonds is 3. The second-order valence-corrected chi connectivity index (χ2v) is 6.33. The largest absolute Gasteiger partial charge is 0.381 e. The predicted octanol–water partition coefficient (Wildman–Crippen LogP) is 3.20. The number of carbonyl (C=O) groups excluding carboxylic acids is 1. The standard InChI is InChI=1S/C13H14ClN3O2S/c14-12-2-1-11(20-12)13(18)16-9-7-15-17(8-9)10-3-5-19-6-4-10/h1-2,7-8,10H,3-6H2,(H,16,18). The number of aromatic nitrogens is 2. The van der Waals surface area contributed by atoms with Gasteiger partial charge in [0.05, 0.1) is 27.1 Å². The fourth-order valence-corrected chi connectivity index (χ4v) is 3.12. The number of amides is 1. The molecule has 0 radical (unpaired) electrons. The molecule has 1 saturated heterocycles. The summed E-state index contributed by atoms with van der Waals surface area (Å²) in [5.41, 5.74) is 0.700. The lowest BCUT2D eigenvalue weighted by Crippen LogP contribution is -2.19. The van der Waals surface area contributed by atoms with E-state index in [4.69, 9.17) is 16.3 Å². The summed E-state index contributed by atoms with van der Waals surface area (Å²) in [5, 5.41) is 7.14. The van der Waals surface area contributed by atoms with Crippen molar-refractivity contribution < 1.29 is 9.53 Å². The summed E-state index contributed by atoms with van der Waals surface area (Å²) in [7, 11) is 0. The van der Waals surface area contributed by atoms with E-state index in [1.54, 1.807) is 18.3 Å². The van der Waals surface area contributed by atoms with E-state index in [0.717, 1.165) is 26.1 Å². The highest BCUT2D eigenvalue weighted by Gasteiger charge is 2.17. The number of anilines is 1. The smallest absolute Gasteiger partial charge is 0.265 e. The molecule has 3 heterocycles. The summed E-state index contributed by atoms with van der Waals surface area (Å²) in [6.45, 7) is 1.53. The average Bonchev–Trinajstić information content (AvgIpc) is 3.09. The maximum Gasteiger partial charge on any atom is 0.265 e. The molecule has 2 aromatic heterocycles. The summed E-state index contributed by atoms with van der Waals surface area (Å²) in [6.07, 6.45) is 5.44. The molecule has 1 fully saturated rings. The Hall–Kier alpha value is -1.37. The number of halogens is 1. The molecule has 2 aromatic rings. The third-order valence-corrected chi connectivity index (χ3v) is 4.45. The summed E-state index contributed by atoms with van der Waals surface area (Å²) in [4.78, 5) is 12.6. The van der Waals surface area contributed by atoms with Gasteiger partial charge in [-0.2, -0.15) is 5.10 Å². The highest BCUT2D eigenvalue weighted by atomic mass is 35.5. The molecular formula is C13H14ClN3O2S. The van der Waals surface area contributed by atoms with Gasteiger partial charge in [0.15, 0.2) is 0 Å². The topological polar surface area (TPSA) is 56.2 Å². The average molecular weight is 312 g/mol. The van der Waals surface area contributed by atoms with Gasteiger partial charge in [-0.05, 0) is 25.0 Å². The van der Waals surface area contributed by atoms with Gasteiger partial charge < -0.3 is 10.1 Å². The van der Waals surface area contributed by atoms with Crippen molar-refractivity contribution in [3.63, 3.8) is 0 Å². The Morgan fingerprint density at radius 3 is 2.95 bits per heavy atom. The Kier molecular flexibility index (Phi) is 4.05. The molecule has 3 rings (SSSR count). The predicted molar refractivity (Wildman–Crippen MR) is 78.6 cm³/mol. The van der Waals surface area contributed by atoms with Gasteiger partial charge in [0.2, 0.25) is 0 Å². The van der Waals surface area contributed by atoms with E-state index in [2.05, 4.69) is 10.4 Å². The zero-order chi connectivity index (χ0) is 13.9. The van der Waals surface area contributed by atoms with Crippen molar-refractivity contribution >= 4 is 34.5 Å². The van der Waals surface area contributed by atoms with Gasteiger partial charge in [-0.3, -0.25) is 9.48 Å². The molecule has 1 aliphatic heterocycles. The number of nitrogens with zero attached hydrogens (tertiary/aromatic N) is 2. The van der Waals surface area contributed by atoms with Gasteiger partial charge in [-0.25, -0.2) is 0 Å². The summed E-state index contributed by atoms with van der Waals surface area (Å²) < 4.78 is 7.84. The summed E-state index contributed by atoms with van der Waals surface area (Å²) in [5.74, 6) is -0.159. The normalized spacial score (nSPS) is 16.2. The second kappa shape index (κ2) is 5.95. The van der Waals surface area contributed by atoms with Crippen molar-refractivity contribution in [1.82, 2.24) is 9.78 Å². The molecule has 0 spiro atoms. The molecule has 0 bridgehead atoms. The van der Waals surface area contributed by atoms with E-state index < -0.39 is 0 Å². The number of carbonyl (C=O) groups is 1. The molecule has 5 nitrogen and oxygen atoms in total. The minimum atomic E-state index is -0.159. The number of hydrogen-bond donors (Lipinski definition) is 1. The van der Waals surface area contributed by atoms with Gasteiger partial charge in [0.25, 0.3) is 5.91 Å². The number of thiophene rings is 1. The molecular weight excluding hydrogens is 298 g/mol. The van der Waals surface area contributed by atoms with Crippen LogP contribution in [0.15, 0.2) is 24.5 Å². The quantitative estimate of drug-likeness (QED) is 0.947. The van der Waals surface area contributed by atoms with E-state index in [-0.39, 0.29) is 5.91 Å². The second-order valence-electron chi connectivity index (χ2n) is 4.61. The zero-order valence-corrected chi connectivity index (χ0v) is 12.3. The maximum atomic E-state index is 12.0. The summed E-state index contributed by atoms with van der Waals surface area (Å²) >= 11 is 7.08. The molecule has 0 atom stereocenters. The SMILES string of the molecule is O=C(Nc1cnn(C2CCOCC2)c1)c1ccc(Cl)s1. The van der Waals surface area contributed by atoms with E-state index in [0.29, 0.717) is 20.9 Å². The molecule has 1 aliphatic rings. The van der Waals surface area contributed by atoms with Crippen molar-refractivity contribution in [2.75, 3.05) is 18.5 Å². The molecule has 1 amide bonds. The lowest BCUT2D eigenvalue weighted by Gasteiger charge is -2.22. The van der Waals surface area contributed by atoms with Crippen LogP contribution in [0, 0.1) is 0 Å². The molecule has 1 N–H and O–H groups in total. The molecule has 0 aliphatic carbocycles. The van der Waals surface area contributed by atoms with Crippen molar-refractivity contribution in [2.24, 2.45) is 0 Å². The van der Waals surface area contributed by atoms with Gasteiger partial charge >= 0.3 is 0 Å². The fourth-order valence-electron chi connectivity index (χ4n) is 2.18. The lowest BCUT2D eigenvalue weighted by atomic mass is 10.1. The Labute approximate surface area is 125 Å². The third-order valence-electron chi connectivity index (χ3n) is 3.22. The summed E-state index contributed by atoms with van der Waals surface area (Å²) in [6, 6.07) is 3.78. The first-order valence-electron chi connectivity index (χ1n) is 6.41. The third kappa shape index (κ3) is 3.03. The first-order chi connectivity index (χ1) is 9.72. The Morgan fingerprint density at radius 1 is 1.45 bits per heavy atom. The molecule has 0 aromatic carbocycles. The maximum absolute atomic E-state index is 12.0. The van der Waals surface area contributed by atoms with Crippen LogP contribution in [-0.2, 0) is 4.74 Å². The lowest BCUT2D eigenvalue weighted by molar-refractivity contribution is 0.0662. The highest BCUT2D eigenvalue weighted by molar-refractivity contribution is 7.18. The molecule has 20 heavy (non-hydrogen) atoms. The van der Waals surface area contributed by atoms with Crippen LogP contribution in [-0.4, -0.2) is 28.9 Å². The van der Waals surface area contributed by atoms with E-state index in [1.165, 1.54) is 11.3 Å². The molecule has 7 heteroatoms. The van der Waals surface area contributed by atoms with Crippen molar-refractivity contribution in [3.05, 3.63) is 33.7 Å². The first-order valence-corrected chi connectivity index (χ1v) is 7.60. The van der Waals surface area contributed by atoms with Crippen molar-refractivity contribution in [1.29, 1.82) is 0 Å². The van der Waals surface area contributed by atoms with Crippen LogP contribution in [0.3, 0.4) is 0 Å². The molecule has 0 saturated carbocycles. The number of hydrogen-bond acceptors (Lipinski definition) is 4. The molecule has 0 unspecified atom stereocenters. The van der Waals surface area contributed by atoms with Gasteiger partial charge in [0, 0.05) is 19.4 Å². The van der Waals surface area contributed by atoms with Gasteiger partial charge in [0.1, 0.15) is 0 Å². The van der Waals surface area contributed by atoms with E-state index >= 15 is 0 Å². The zero-order valence-electron chi connectivity index (χ0n) is 10.7. The minimum Gasteiger partial charge on any atom is -0.381 e. The van der Waals surface area contributed by atoms with Crippen molar-refractivity contribution in [3.8, 4) is 0 Å². The van der Waals surface area contributed by atoms with Crippen LogP contribution in [0.4, 0.5) is 5.69 Å². The minimum absolute atomic E-state index is 0.159. The Balaban J connectivity index is 1.66. The fraction of sp³-hybridized carbons (Fsp3) is 0.385. The van der Waals surface area contributed by atoms with E-state index in [1.807, 2.05) is 10.9 Å². The van der Waals surface area contributed by atoms with Crippen LogP contribution < -0.4 is 5.32 Å². The van der Waals surface area contributed by atoms with Gasteiger partial charge in [-0.15, -0.1) is 11.3 Å². The van der Waals surface area contributed by atoms with Crippen LogP contribution in [0.2, 0.25) is 4.34 Å². The number of nitrogens with one attached hydrogen (secondary N) is 1. The Bertz CT molecular complexity index is 604. The van der Waals surface area contributed by atoms with Gasteiger partial charge in [-0.1, -0.05) is 11.6 Å². The van der Waals surface area contributed by atoms with Crippen LogP contribution in [0.25, 0.3) is 0 Å². The Morgan fingerprint density at radius 2 is 2.25 bits per heavy atom. The highest BCUT2D eigenvalue weighted by Crippen LogP contribution is 2.24. The van der Waals surface area contributed by atoms with E-state index in [9.17, 15) is 4.79 Å². The van der Waals surface area contributed by atoms with Crippen LogP contribution in [0.1, 0.15) is 28.6 Å². The van der Waals surface area contributed by atoms with Crippen LogP contribution in [0.5, 0.6) is 0 Å². The number of ether oxygens (including phenoxy) is 1.